The maximum absolute atomic E-state index is 13.2. The van der Waals surface area contributed by atoms with E-state index >= 15 is 0 Å². The van der Waals surface area contributed by atoms with Crippen LogP contribution in [0.3, 0.4) is 0 Å². The van der Waals surface area contributed by atoms with Gasteiger partial charge in [0.05, 0.1) is 20.1 Å². The molecule has 2 heterocycles. The first-order valence-corrected chi connectivity index (χ1v) is 9.76. The Morgan fingerprint density at radius 2 is 1.77 bits per heavy atom. The molecule has 2 aliphatic heterocycles. The fraction of sp³-hybridized carbons (Fsp3) is 0.667. The van der Waals surface area contributed by atoms with Crippen molar-refractivity contribution in [2.75, 3.05) is 14.1 Å². The van der Waals surface area contributed by atoms with Gasteiger partial charge in [-0.2, -0.15) is 0 Å². The number of halogens is 1. The second kappa shape index (κ2) is 7.14. The highest BCUT2D eigenvalue weighted by Gasteiger charge is 2.58. The molecular weight excluding hydrogens is 350 g/mol. The SMILES string of the molecule is C[N+]1(C)C2CC[C@@H]1[C@@H](OC(=O)[C@@](O)(c1ccccc1)C1CCCC1)C2.[Cl-]. The zero-order valence-corrected chi connectivity index (χ0v) is 16.5. The standard InChI is InChI=1S/C21H30NO3.ClH/c1-22(2)17-12-13-18(22)19(14-17)25-20(23)21(24,16-10-6-7-11-16)15-8-4-3-5-9-15;/h3-5,8-9,16-19,24H,6-7,10-14H2,1-2H3;1H/q+1;/p-1/t17?,18-,19+,21-;/m1./s1. The highest BCUT2D eigenvalue weighted by atomic mass is 35.5. The van der Waals surface area contributed by atoms with Crippen LogP contribution in [0.4, 0.5) is 0 Å². The molecule has 144 valence electrons. The minimum Gasteiger partial charge on any atom is -1.00 e. The van der Waals surface area contributed by atoms with Gasteiger partial charge < -0.3 is 26.7 Å². The molecule has 1 unspecified atom stereocenters. The number of hydrogen-bond acceptors (Lipinski definition) is 3. The van der Waals surface area contributed by atoms with E-state index in [-0.39, 0.29) is 24.4 Å². The second-order valence-corrected chi connectivity index (χ2v) is 8.72. The number of quaternary nitrogens is 1. The minimum absolute atomic E-state index is 0. The fourth-order valence-electron chi connectivity index (χ4n) is 5.64. The van der Waals surface area contributed by atoms with Crippen LogP contribution in [0, 0.1) is 5.92 Å². The van der Waals surface area contributed by atoms with Crippen molar-refractivity contribution in [3.05, 3.63) is 35.9 Å². The maximum Gasteiger partial charge on any atom is 0.343 e. The smallest absolute Gasteiger partial charge is 0.343 e. The first kappa shape index (κ1) is 19.7. The van der Waals surface area contributed by atoms with Gasteiger partial charge in [0.1, 0.15) is 6.04 Å². The molecule has 3 aliphatic rings. The lowest BCUT2D eigenvalue weighted by Crippen LogP contribution is -3.00. The molecule has 2 saturated heterocycles. The number of hydrogen-bond donors (Lipinski definition) is 1. The Hall–Kier alpha value is -1.10. The first-order chi connectivity index (χ1) is 11.9. The summed E-state index contributed by atoms with van der Waals surface area (Å²) in [7, 11) is 4.49. The summed E-state index contributed by atoms with van der Waals surface area (Å²) in [5.74, 6) is -0.466. The van der Waals surface area contributed by atoms with Gasteiger partial charge in [0.15, 0.2) is 11.7 Å². The summed E-state index contributed by atoms with van der Waals surface area (Å²) in [5, 5.41) is 11.5. The van der Waals surface area contributed by atoms with Crippen LogP contribution in [0.5, 0.6) is 0 Å². The molecule has 0 aromatic heterocycles. The van der Waals surface area contributed by atoms with Crippen molar-refractivity contribution in [1.29, 1.82) is 0 Å². The number of aliphatic hydroxyl groups is 1. The first-order valence-electron chi connectivity index (χ1n) is 9.76. The van der Waals surface area contributed by atoms with Gasteiger partial charge in [-0.25, -0.2) is 4.79 Å². The summed E-state index contributed by atoms with van der Waals surface area (Å²) in [5.41, 5.74) is -0.819. The molecule has 1 N–H and O–H groups in total. The van der Waals surface area contributed by atoms with E-state index in [1.807, 2.05) is 30.3 Å². The number of ether oxygens (including phenoxy) is 1. The Morgan fingerprint density at radius 3 is 2.31 bits per heavy atom. The lowest BCUT2D eigenvalue weighted by molar-refractivity contribution is -0.913. The Bertz CT molecular complexity index is 644. The normalized spacial score (nSPS) is 32.0. The second-order valence-electron chi connectivity index (χ2n) is 8.72. The molecule has 1 aromatic carbocycles. The van der Waals surface area contributed by atoms with Crippen LogP contribution in [-0.4, -0.2) is 47.8 Å². The molecule has 0 spiro atoms. The summed E-state index contributed by atoms with van der Waals surface area (Å²) in [6, 6.07) is 10.4. The number of carbonyl (C=O) groups excluding carboxylic acids is 1. The third-order valence-electron chi connectivity index (χ3n) is 7.25. The molecule has 4 nitrogen and oxygen atoms in total. The monoisotopic (exact) mass is 379 g/mol. The van der Waals surface area contributed by atoms with Crippen LogP contribution in [0.15, 0.2) is 30.3 Å². The zero-order chi connectivity index (χ0) is 17.7. The summed E-state index contributed by atoms with van der Waals surface area (Å²) in [4.78, 5) is 13.2. The Balaban J connectivity index is 0.00000196. The number of benzene rings is 1. The highest BCUT2D eigenvalue weighted by Crippen LogP contribution is 2.46. The zero-order valence-electron chi connectivity index (χ0n) is 15.7. The predicted octanol–water partition coefficient (Wildman–Crippen LogP) is -0.00870. The number of carbonyl (C=O) groups is 1. The molecular formula is C21H30ClNO3. The van der Waals surface area contributed by atoms with Crippen molar-refractivity contribution >= 4 is 5.97 Å². The number of likely N-dealkylation sites (N-methyl/N-ethyl adjacent to an activating group) is 1. The van der Waals surface area contributed by atoms with Crippen LogP contribution in [0.1, 0.15) is 50.5 Å². The minimum atomic E-state index is -1.50. The lowest BCUT2D eigenvalue weighted by atomic mass is 9.80. The quantitative estimate of drug-likeness (QED) is 0.591. The van der Waals surface area contributed by atoms with Crippen LogP contribution >= 0.6 is 0 Å². The van der Waals surface area contributed by atoms with Gasteiger partial charge >= 0.3 is 5.97 Å². The molecule has 26 heavy (non-hydrogen) atoms. The van der Waals surface area contributed by atoms with Crippen molar-refractivity contribution in [3.63, 3.8) is 0 Å². The Morgan fingerprint density at radius 1 is 1.12 bits per heavy atom. The van der Waals surface area contributed by atoms with Gasteiger partial charge in [0.25, 0.3) is 0 Å². The van der Waals surface area contributed by atoms with E-state index in [0.717, 1.165) is 43.0 Å². The number of fused-ring (bicyclic) bond motifs is 2. The molecule has 0 amide bonds. The average molecular weight is 380 g/mol. The lowest BCUT2D eigenvalue weighted by Gasteiger charge is -2.35. The van der Waals surface area contributed by atoms with Crippen molar-refractivity contribution in [2.45, 2.75) is 68.7 Å². The van der Waals surface area contributed by atoms with Crippen molar-refractivity contribution in [1.82, 2.24) is 0 Å². The number of nitrogens with zero attached hydrogens (tertiary/aromatic N) is 1. The Kier molecular flexibility index (Phi) is 5.40. The fourth-order valence-corrected chi connectivity index (χ4v) is 5.64. The molecule has 1 aromatic rings. The summed E-state index contributed by atoms with van der Waals surface area (Å²) >= 11 is 0. The van der Waals surface area contributed by atoms with Gasteiger partial charge in [0, 0.05) is 25.2 Å². The van der Waals surface area contributed by atoms with E-state index in [4.69, 9.17) is 4.74 Å². The van der Waals surface area contributed by atoms with Gasteiger partial charge in [-0.05, 0) is 18.4 Å². The maximum atomic E-state index is 13.2. The van der Waals surface area contributed by atoms with E-state index in [0.29, 0.717) is 17.6 Å². The van der Waals surface area contributed by atoms with E-state index < -0.39 is 11.6 Å². The van der Waals surface area contributed by atoms with Crippen LogP contribution in [0.25, 0.3) is 0 Å². The molecule has 5 heteroatoms. The number of rotatable bonds is 4. The van der Waals surface area contributed by atoms with E-state index in [1.54, 1.807) is 0 Å². The van der Waals surface area contributed by atoms with E-state index in [2.05, 4.69) is 14.1 Å². The topological polar surface area (TPSA) is 46.5 Å². The summed E-state index contributed by atoms with van der Waals surface area (Å²) in [6.07, 6.45) is 7.13. The predicted molar refractivity (Wildman–Crippen MR) is 95.7 cm³/mol. The van der Waals surface area contributed by atoms with Gasteiger partial charge in [-0.15, -0.1) is 0 Å². The van der Waals surface area contributed by atoms with Gasteiger partial charge in [-0.3, -0.25) is 0 Å². The van der Waals surface area contributed by atoms with Crippen LogP contribution in [0.2, 0.25) is 0 Å². The third kappa shape index (κ3) is 2.96. The molecule has 4 rings (SSSR count). The van der Waals surface area contributed by atoms with Crippen LogP contribution in [-0.2, 0) is 15.1 Å². The molecule has 1 saturated carbocycles. The summed E-state index contributed by atoms with van der Waals surface area (Å²) in [6.45, 7) is 0. The Labute approximate surface area is 162 Å². The van der Waals surface area contributed by atoms with Crippen LogP contribution < -0.4 is 12.4 Å². The summed E-state index contributed by atoms with van der Waals surface area (Å²) < 4.78 is 6.96. The molecule has 1 aliphatic carbocycles. The molecule has 2 bridgehead atoms. The van der Waals surface area contributed by atoms with Crippen molar-refractivity contribution in [3.8, 4) is 0 Å². The van der Waals surface area contributed by atoms with Gasteiger partial charge in [0.2, 0.25) is 0 Å². The molecule has 4 atom stereocenters. The largest absolute Gasteiger partial charge is 1.00 e. The number of esters is 1. The average Bonchev–Trinajstić information content (AvgIpc) is 3.30. The van der Waals surface area contributed by atoms with Crippen molar-refractivity contribution in [2.24, 2.45) is 5.92 Å². The molecule has 3 fully saturated rings. The van der Waals surface area contributed by atoms with Crippen molar-refractivity contribution < 1.29 is 31.5 Å². The van der Waals surface area contributed by atoms with Gasteiger partial charge in [-0.1, -0.05) is 43.2 Å². The highest BCUT2D eigenvalue weighted by molar-refractivity contribution is 5.82. The van der Waals surface area contributed by atoms with E-state index in [9.17, 15) is 9.90 Å². The van der Waals surface area contributed by atoms with E-state index in [1.165, 1.54) is 6.42 Å². The molecule has 0 radical (unpaired) electrons. The third-order valence-corrected chi connectivity index (χ3v) is 7.25.